The molecule has 0 atom stereocenters. The molecule has 202 valence electrons. The highest BCUT2D eigenvalue weighted by atomic mass is 16.3. The Balaban J connectivity index is 1.51. The lowest BCUT2D eigenvalue weighted by Crippen LogP contribution is -2.14. The Labute approximate surface area is 232 Å². The molecule has 2 N–H and O–H groups in total. The molecule has 0 aliphatic heterocycles. The van der Waals surface area contributed by atoms with Crippen LogP contribution in [0.25, 0.3) is 33.4 Å². The van der Waals surface area contributed by atoms with Gasteiger partial charge in [-0.3, -0.25) is 0 Å². The van der Waals surface area contributed by atoms with Crippen LogP contribution < -0.4 is 0 Å². The molecule has 2 heterocycles. The van der Waals surface area contributed by atoms with E-state index in [1.165, 1.54) is 9.59 Å². The van der Waals surface area contributed by atoms with E-state index >= 15 is 0 Å². The largest absolute Gasteiger partial charge is 0.505 e. The predicted molar refractivity (Wildman–Crippen MR) is 157 cm³/mol. The first-order valence-corrected chi connectivity index (χ1v) is 13.5. The predicted octanol–water partition coefficient (Wildman–Crippen LogP) is 6.58. The Morgan fingerprint density at radius 2 is 1.07 bits per heavy atom. The van der Waals surface area contributed by atoms with E-state index in [9.17, 15) is 10.2 Å². The van der Waals surface area contributed by atoms with Crippen molar-refractivity contribution in [2.75, 3.05) is 0 Å². The number of phenols is 2. The average molecular weight is 533 g/mol. The summed E-state index contributed by atoms with van der Waals surface area (Å²) in [6, 6.07) is 23.1. The number of phenolic OH excluding ortho intramolecular Hbond substituents is 2. The number of fused-ring (bicyclic) bond motifs is 2. The van der Waals surface area contributed by atoms with Crippen molar-refractivity contribution in [3.63, 3.8) is 0 Å². The molecule has 0 saturated carbocycles. The molecule has 8 heteroatoms. The molecule has 6 rings (SSSR count). The van der Waals surface area contributed by atoms with Crippen molar-refractivity contribution >= 4 is 22.1 Å². The van der Waals surface area contributed by atoms with Gasteiger partial charge >= 0.3 is 0 Å². The van der Waals surface area contributed by atoms with Crippen molar-refractivity contribution in [2.45, 2.75) is 52.4 Å². The van der Waals surface area contributed by atoms with E-state index in [1.807, 2.05) is 72.8 Å². The second-order valence-corrected chi connectivity index (χ2v) is 11.6. The van der Waals surface area contributed by atoms with Crippen LogP contribution in [0.4, 0.5) is 0 Å². The van der Waals surface area contributed by atoms with Gasteiger partial charge in [0.1, 0.15) is 44.9 Å². The number of hydrogen-bond donors (Lipinski definition) is 2. The fourth-order valence-corrected chi connectivity index (χ4v) is 4.86. The first kappa shape index (κ1) is 25.6. The Kier molecular flexibility index (Phi) is 6.06. The molecule has 0 fully saturated rings. The quantitative estimate of drug-likeness (QED) is 0.260. The van der Waals surface area contributed by atoms with E-state index in [0.717, 1.165) is 33.2 Å². The van der Waals surface area contributed by atoms with Crippen LogP contribution in [0.1, 0.15) is 62.8 Å². The van der Waals surface area contributed by atoms with Crippen molar-refractivity contribution in [1.82, 2.24) is 30.0 Å². The Hall–Kier alpha value is -4.72. The van der Waals surface area contributed by atoms with Gasteiger partial charge in [-0.25, -0.2) is 0 Å². The summed E-state index contributed by atoms with van der Waals surface area (Å²) in [6.45, 7) is 10.6. The first-order valence-electron chi connectivity index (χ1n) is 13.5. The molecule has 0 unspecified atom stereocenters. The summed E-state index contributed by atoms with van der Waals surface area (Å²) in [6.07, 6.45) is 0.295. The van der Waals surface area contributed by atoms with Crippen molar-refractivity contribution in [1.29, 1.82) is 0 Å². The molecule has 8 nitrogen and oxygen atoms in total. The minimum Gasteiger partial charge on any atom is -0.505 e. The number of aromatic nitrogens is 6. The third kappa shape index (κ3) is 4.55. The summed E-state index contributed by atoms with van der Waals surface area (Å²) < 4.78 is 0. The summed E-state index contributed by atoms with van der Waals surface area (Å²) in [5.74, 6) is 0.357. The van der Waals surface area contributed by atoms with Crippen molar-refractivity contribution in [3.8, 4) is 22.9 Å². The molecule has 0 bridgehead atoms. The molecule has 2 aromatic heterocycles. The summed E-state index contributed by atoms with van der Waals surface area (Å²) in [5.41, 5.74) is 7.20. The van der Waals surface area contributed by atoms with E-state index < -0.39 is 0 Å². The maximum Gasteiger partial charge on any atom is 0.146 e. The number of rotatable bonds is 5. The van der Waals surface area contributed by atoms with Gasteiger partial charge in [-0.05, 0) is 58.9 Å². The van der Waals surface area contributed by atoms with E-state index in [-0.39, 0.29) is 22.8 Å². The molecule has 4 aromatic carbocycles. The minimum atomic E-state index is -0.199. The zero-order valence-electron chi connectivity index (χ0n) is 23.3. The number of benzene rings is 4. The van der Waals surface area contributed by atoms with Gasteiger partial charge < -0.3 is 10.2 Å². The van der Waals surface area contributed by atoms with Crippen LogP contribution in [0.2, 0.25) is 0 Å². The van der Waals surface area contributed by atoms with E-state index in [0.29, 0.717) is 28.9 Å². The van der Waals surface area contributed by atoms with Crippen LogP contribution in [0.5, 0.6) is 11.5 Å². The molecule has 0 aliphatic carbocycles. The van der Waals surface area contributed by atoms with Crippen molar-refractivity contribution < 1.29 is 10.2 Å². The maximum atomic E-state index is 11.6. The standard InChI is InChI=1S/C32H32N6O2/c1-19(2)20-14-21(30(39)28(17-20)37-33-24-10-6-7-11-25(24)34-37)15-22-16-23(32(3,4)5)18-29(31(22)40)38-35-26-12-8-9-13-27(26)36-38/h6-14,16-19,39-40H,15H2,1-5H3. The second kappa shape index (κ2) is 9.48. The third-order valence-electron chi connectivity index (χ3n) is 7.28. The van der Waals surface area contributed by atoms with Gasteiger partial charge in [-0.2, -0.15) is 0 Å². The molecule has 0 spiro atoms. The fraction of sp³-hybridized carbons (Fsp3) is 0.250. The van der Waals surface area contributed by atoms with Crippen LogP contribution in [0.3, 0.4) is 0 Å². The molecular formula is C32H32N6O2. The summed E-state index contributed by atoms with van der Waals surface area (Å²) in [4.78, 5) is 2.99. The summed E-state index contributed by atoms with van der Waals surface area (Å²) in [5, 5.41) is 41.5. The van der Waals surface area contributed by atoms with Gasteiger partial charge in [-0.15, -0.1) is 30.0 Å². The van der Waals surface area contributed by atoms with Gasteiger partial charge in [0.2, 0.25) is 0 Å². The summed E-state index contributed by atoms with van der Waals surface area (Å²) >= 11 is 0. The lowest BCUT2D eigenvalue weighted by Gasteiger charge is -2.22. The molecule has 6 aromatic rings. The lowest BCUT2D eigenvalue weighted by molar-refractivity contribution is 0.454. The highest BCUT2D eigenvalue weighted by Gasteiger charge is 2.23. The normalized spacial score (nSPS) is 12.2. The van der Waals surface area contributed by atoms with Gasteiger partial charge in [0.15, 0.2) is 0 Å². The fourth-order valence-electron chi connectivity index (χ4n) is 4.86. The average Bonchev–Trinajstić information content (AvgIpc) is 3.54. The van der Waals surface area contributed by atoms with E-state index in [2.05, 4.69) is 55.0 Å². The summed E-state index contributed by atoms with van der Waals surface area (Å²) in [7, 11) is 0. The van der Waals surface area contributed by atoms with E-state index in [1.54, 1.807) is 0 Å². The Morgan fingerprint density at radius 3 is 1.50 bits per heavy atom. The molecule has 0 amide bonds. The lowest BCUT2D eigenvalue weighted by atomic mass is 9.84. The highest BCUT2D eigenvalue weighted by Crippen LogP contribution is 2.38. The number of aromatic hydroxyl groups is 2. The number of hydrogen-bond acceptors (Lipinski definition) is 6. The zero-order valence-corrected chi connectivity index (χ0v) is 23.3. The minimum absolute atomic E-state index is 0.0761. The molecular weight excluding hydrogens is 500 g/mol. The van der Waals surface area contributed by atoms with Crippen LogP contribution in [-0.2, 0) is 11.8 Å². The SMILES string of the molecule is CC(C)c1cc(Cc2cc(C(C)(C)C)cc(-n3nc4ccccc4n3)c2O)c(O)c(-n2nc3ccccc3n2)c1. The van der Waals surface area contributed by atoms with Crippen LogP contribution in [0.15, 0.2) is 72.8 Å². The van der Waals surface area contributed by atoms with Gasteiger partial charge in [0, 0.05) is 17.5 Å². The monoisotopic (exact) mass is 532 g/mol. The molecule has 0 aliphatic rings. The van der Waals surface area contributed by atoms with Crippen LogP contribution in [-0.4, -0.2) is 40.2 Å². The van der Waals surface area contributed by atoms with Crippen molar-refractivity contribution in [2.24, 2.45) is 0 Å². The third-order valence-corrected chi connectivity index (χ3v) is 7.28. The first-order chi connectivity index (χ1) is 19.1. The van der Waals surface area contributed by atoms with Crippen LogP contribution >= 0.6 is 0 Å². The van der Waals surface area contributed by atoms with Gasteiger partial charge in [0.05, 0.1) is 0 Å². The Morgan fingerprint density at radius 1 is 0.650 bits per heavy atom. The molecule has 40 heavy (non-hydrogen) atoms. The molecule has 0 saturated heterocycles. The smallest absolute Gasteiger partial charge is 0.146 e. The van der Waals surface area contributed by atoms with Crippen LogP contribution in [0, 0.1) is 0 Å². The van der Waals surface area contributed by atoms with Gasteiger partial charge in [0.25, 0.3) is 0 Å². The zero-order chi connectivity index (χ0) is 28.2. The highest BCUT2D eigenvalue weighted by molar-refractivity contribution is 5.75. The van der Waals surface area contributed by atoms with Gasteiger partial charge in [-0.1, -0.05) is 71.0 Å². The number of nitrogens with zero attached hydrogens (tertiary/aromatic N) is 6. The Bertz CT molecular complexity index is 1810. The second-order valence-electron chi connectivity index (χ2n) is 11.6. The maximum absolute atomic E-state index is 11.6. The van der Waals surface area contributed by atoms with Crippen molar-refractivity contribution in [3.05, 3.63) is 95.1 Å². The topological polar surface area (TPSA) is 102 Å². The van der Waals surface area contributed by atoms with E-state index in [4.69, 9.17) is 0 Å². The molecule has 0 radical (unpaired) electrons.